The van der Waals surface area contributed by atoms with Crippen LogP contribution in [0.5, 0.6) is 17.2 Å². The van der Waals surface area contributed by atoms with Crippen LogP contribution in [0.25, 0.3) is 0 Å². The molecular formula is C26H34N2O8S. The van der Waals surface area contributed by atoms with Crippen molar-refractivity contribution in [2.75, 3.05) is 44.9 Å². The Labute approximate surface area is 220 Å². The fourth-order valence-electron chi connectivity index (χ4n) is 3.98. The highest BCUT2D eigenvalue weighted by atomic mass is 32.1. The van der Waals surface area contributed by atoms with Gasteiger partial charge in [-0.05, 0) is 58.7 Å². The van der Waals surface area contributed by atoms with Gasteiger partial charge >= 0.3 is 12.1 Å². The van der Waals surface area contributed by atoms with E-state index in [2.05, 4.69) is 5.32 Å². The maximum Gasteiger partial charge on any atom is 0.410 e. The lowest BCUT2D eigenvalue weighted by Gasteiger charge is -2.26. The van der Waals surface area contributed by atoms with Crippen LogP contribution in [0.4, 0.5) is 9.80 Å². The quantitative estimate of drug-likeness (QED) is 0.406. The Kier molecular flexibility index (Phi) is 10.0. The van der Waals surface area contributed by atoms with Crippen molar-refractivity contribution in [2.24, 2.45) is 0 Å². The zero-order chi connectivity index (χ0) is 26.9. The molecule has 202 valence electrons. The summed E-state index contributed by atoms with van der Waals surface area (Å²) < 4.78 is 27.6. The summed E-state index contributed by atoms with van der Waals surface area (Å²) in [5.74, 6) is 0.247. The largest absolute Gasteiger partial charge is 0.490 e. The van der Waals surface area contributed by atoms with Gasteiger partial charge in [0.2, 0.25) is 5.75 Å². The number of ether oxygens (including phenoxy) is 5. The first-order valence-corrected chi connectivity index (χ1v) is 13.3. The number of rotatable bonds is 11. The van der Waals surface area contributed by atoms with Gasteiger partial charge in [0.05, 0.1) is 45.1 Å². The van der Waals surface area contributed by atoms with Crippen molar-refractivity contribution in [2.45, 2.75) is 47.6 Å². The van der Waals surface area contributed by atoms with Crippen molar-refractivity contribution in [3.05, 3.63) is 33.7 Å². The van der Waals surface area contributed by atoms with Crippen molar-refractivity contribution in [3.8, 4) is 17.2 Å². The van der Waals surface area contributed by atoms with E-state index in [0.717, 1.165) is 10.4 Å². The van der Waals surface area contributed by atoms with Crippen LogP contribution in [-0.4, -0.2) is 62.4 Å². The second-order valence-corrected chi connectivity index (χ2v) is 8.96. The molecule has 3 rings (SSSR count). The molecule has 1 aromatic heterocycles. The standard InChI is InChI=1S/C26H34N2O8S/c1-6-32-18-13-16(14-19(33-7-2)22(18)34-8-3)23(29)27-24-21(25(30)35-9-4)17-11-12-28(15-20(17)37-24)26(31)36-10-5/h13-14H,6-12,15H2,1-5H3,(H,27,29). The molecule has 2 aromatic rings. The zero-order valence-electron chi connectivity index (χ0n) is 21.9. The van der Waals surface area contributed by atoms with Gasteiger partial charge in [-0.1, -0.05) is 0 Å². The van der Waals surface area contributed by atoms with Crippen molar-refractivity contribution >= 4 is 34.3 Å². The van der Waals surface area contributed by atoms with Crippen LogP contribution < -0.4 is 19.5 Å². The predicted molar refractivity (Wildman–Crippen MR) is 139 cm³/mol. The Morgan fingerprint density at radius 2 is 1.51 bits per heavy atom. The van der Waals surface area contributed by atoms with E-state index >= 15 is 0 Å². The van der Waals surface area contributed by atoms with E-state index in [1.54, 1.807) is 30.9 Å². The molecule has 0 unspecified atom stereocenters. The number of anilines is 1. The number of carbonyl (C=O) groups excluding carboxylic acids is 3. The molecule has 0 aliphatic carbocycles. The SMILES string of the molecule is CCOC(=O)c1c(NC(=O)c2cc(OCC)c(OCC)c(OCC)c2)sc2c1CCN(C(=O)OCC)C2. The molecule has 10 nitrogen and oxygen atoms in total. The number of fused-ring (bicyclic) bond motifs is 1. The van der Waals surface area contributed by atoms with Crippen molar-refractivity contribution < 1.29 is 38.1 Å². The third-order valence-electron chi connectivity index (χ3n) is 5.46. The van der Waals surface area contributed by atoms with Gasteiger partial charge in [-0.15, -0.1) is 11.3 Å². The summed E-state index contributed by atoms with van der Waals surface area (Å²) in [5, 5.41) is 3.24. The van der Waals surface area contributed by atoms with Gasteiger partial charge in [0.25, 0.3) is 5.91 Å². The van der Waals surface area contributed by atoms with E-state index < -0.39 is 18.0 Å². The van der Waals surface area contributed by atoms with E-state index in [-0.39, 0.29) is 25.3 Å². The first kappa shape index (κ1) is 28.1. The molecule has 0 saturated heterocycles. The third-order valence-corrected chi connectivity index (χ3v) is 6.59. The molecule has 1 N–H and O–H groups in total. The van der Waals surface area contributed by atoms with Gasteiger partial charge < -0.3 is 33.9 Å². The van der Waals surface area contributed by atoms with Gasteiger partial charge in [-0.3, -0.25) is 4.79 Å². The molecule has 0 radical (unpaired) electrons. The molecule has 0 saturated carbocycles. The fraction of sp³-hybridized carbons (Fsp3) is 0.500. The number of hydrogen-bond acceptors (Lipinski definition) is 9. The Balaban J connectivity index is 1.98. The molecule has 0 bridgehead atoms. The van der Waals surface area contributed by atoms with Crippen molar-refractivity contribution in [1.29, 1.82) is 0 Å². The summed E-state index contributed by atoms with van der Waals surface area (Å²) in [4.78, 5) is 40.9. The van der Waals surface area contributed by atoms with Crippen LogP contribution in [0, 0.1) is 0 Å². The van der Waals surface area contributed by atoms with Crippen molar-refractivity contribution in [3.63, 3.8) is 0 Å². The van der Waals surface area contributed by atoms with Crippen LogP contribution >= 0.6 is 11.3 Å². The van der Waals surface area contributed by atoms with Crippen LogP contribution in [-0.2, 0) is 22.4 Å². The van der Waals surface area contributed by atoms with Crippen LogP contribution in [0.15, 0.2) is 12.1 Å². The van der Waals surface area contributed by atoms with E-state index in [0.29, 0.717) is 60.6 Å². The number of amides is 2. The summed E-state index contributed by atoms with van der Waals surface area (Å²) in [7, 11) is 0. The van der Waals surface area contributed by atoms with Crippen LogP contribution in [0.1, 0.15) is 65.8 Å². The smallest absolute Gasteiger partial charge is 0.410 e. The minimum atomic E-state index is -0.517. The highest BCUT2D eigenvalue weighted by molar-refractivity contribution is 7.17. The van der Waals surface area contributed by atoms with Gasteiger partial charge in [0, 0.05) is 17.0 Å². The number of thiophene rings is 1. The summed E-state index contributed by atoms with van der Waals surface area (Å²) in [6, 6.07) is 3.18. The zero-order valence-corrected chi connectivity index (χ0v) is 22.7. The lowest BCUT2D eigenvalue weighted by atomic mass is 10.0. The Morgan fingerprint density at radius 3 is 2.08 bits per heavy atom. The minimum Gasteiger partial charge on any atom is -0.490 e. The summed E-state index contributed by atoms with van der Waals surface area (Å²) >= 11 is 1.25. The molecule has 1 aliphatic rings. The van der Waals surface area contributed by atoms with Gasteiger partial charge in [0.1, 0.15) is 5.00 Å². The Hall–Kier alpha value is -3.47. The molecule has 1 aliphatic heterocycles. The van der Waals surface area contributed by atoms with Crippen LogP contribution in [0.3, 0.4) is 0 Å². The number of nitrogens with one attached hydrogen (secondary N) is 1. The molecule has 2 amide bonds. The summed E-state index contributed by atoms with van der Waals surface area (Å²) in [6.45, 7) is 11.3. The molecule has 0 spiro atoms. The number of carbonyl (C=O) groups is 3. The third kappa shape index (κ3) is 6.46. The van der Waals surface area contributed by atoms with Crippen LogP contribution in [0.2, 0.25) is 0 Å². The predicted octanol–water partition coefficient (Wildman–Crippen LogP) is 4.89. The van der Waals surface area contributed by atoms with Gasteiger partial charge in [-0.25, -0.2) is 9.59 Å². The number of hydrogen-bond donors (Lipinski definition) is 1. The van der Waals surface area contributed by atoms with E-state index in [1.165, 1.54) is 11.3 Å². The molecular weight excluding hydrogens is 500 g/mol. The topological polar surface area (TPSA) is 113 Å². The fourth-order valence-corrected chi connectivity index (χ4v) is 5.22. The molecule has 0 fully saturated rings. The first-order chi connectivity index (χ1) is 17.9. The number of benzene rings is 1. The highest BCUT2D eigenvalue weighted by Gasteiger charge is 2.32. The van der Waals surface area contributed by atoms with E-state index in [1.807, 2.05) is 20.8 Å². The minimum absolute atomic E-state index is 0.195. The second kappa shape index (κ2) is 13.2. The number of nitrogens with zero attached hydrogens (tertiary/aromatic N) is 1. The monoisotopic (exact) mass is 534 g/mol. The Bertz CT molecular complexity index is 1100. The lowest BCUT2D eigenvalue weighted by molar-refractivity contribution is 0.0526. The summed E-state index contributed by atoms with van der Waals surface area (Å²) in [6.07, 6.45) is 0.0341. The summed E-state index contributed by atoms with van der Waals surface area (Å²) in [5.41, 5.74) is 1.38. The molecule has 1 aromatic carbocycles. The van der Waals surface area contributed by atoms with E-state index in [4.69, 9.17) is 23.7 Å². The lowest BCUT2D eigenvalue weighted by Crippen LogP contribution is -2.36. The first-order valence-electron chi connectivity index (χ1n) is 12.5. The average Bonchev–Trinajstić information content (AvgIpc) is 3.23. The molecule has 0 atom stereocenters. The molecule has 2 heterocycles. The van der Waals surface area contributed by atoms with E-state index in [9.17, 15) is 14.4 Å². The van der Waals surface area contributed by atoms with Gasteiger partial charge in [0.15, 0.2) is 11.5 Å². The molecule has 37 heavy (non-hydrogen) atoms. The normalized spacial score (nSPS) is 12.4. The average molecular weight is 535 g/mol. The van der Waals surface area contributed by atoms with Gasteiger partial charge in [-0.2, -0.15) is 0 Å². The second-order valence-electron chi connectivity index (χ2n) is 7.85. The maximum absolute atomic E-state index is 13.4. The highest BCUT2D eigenvalue weighted by Crippen LogP contribution is 2.41. The Morgan fingerprint density at radius 1 is 0.892 bits per heavy atom. The molecule has 11 heteroatoms. The number of esters is 1. The van der Waals surface area contributed by atoms with Crippen molar-refractivity contribution in [1.82, 2.24) is 4.90 Å². The maximum atomic E-state index is 13.4.